The Morgan fingerprint density at radius 3 is 2.64 bits per heavy atom. The van der Waals surface area contributed by atoms with Crippen LogP contribution in [0.4, 0.5) is 11.6 Å². The molecule has 6 nitrogen and oxygen atoms in total. The molecule has 124 valence electrons. The number of ether oxygens (including phenoxy) is 1. The van der Waals surface area contributed by atoms with Gasteiger partial charge in [0.25, 0.3) is 0 Å². The lowest BCUT2D eigenvalue weighted by atomic mass is 10.1. The fraction of sp³-hybridized carbons (Fsp3) is 0.0526. The van der Waals surface area contributed by atoms with Crippen LogP contribution in [0.3, 0.4) is 0 Å². The van der Waals surface area contributed by atoms with E-state index < -0.39 is 0 Å². The summed E-state index contributed by atoms with van der Waals surface area (Å²) < 4.78 is 7.40. The van der Waals surface area contributed by atoms with Gasteiger partial charge < -0.3 is 10.1 Å². The molecule has 0 unspecified atom stereocenters. The summed E-state index contributed by atoms with van der Waals surface area (Å²) in [4.78, 5) is 0. The van der Waals surface area contributed by atoms with Crippen molar-refractivity contribution in [2.24, 2.45) is 0 Å². The summed E-state index contributed by atoms with van der Waals surface area (Å²) in [6.45, 7) is 4.14. The van der Waals surface area contributed by atoms with E-state index in [1.165, 1.54) is 0 Å². The Morgan fingerprint density at radius 1 is 1.08 bits per heavy atom. The molecule has 1 aliphatic heterocycles. The van der Waals surface area contributed by atoms with Gasteiger partial charge in [0.05, 0.1) is 17.6 Å². The Kier molecular flexibility index (Phi) is 3.92. The number of aromatic nitrogens is 3. The van der Waals surface area contributed by atoms with E-state index in [9.17, 15) is 0 Å². The molecule has 0 fully saturated rings. The average Bonchev–Trinajstić information content (AvgIpc) is 3.15. The first kappa shape index (κ1) is 15.0. The molecule has 25 heavy (non-hydrogen) atoms. The van der Waals surface area contributed by atoms with Crippen LogP contribution in [0.15, 0.2) is 79.8 Å². The minimum absolute atomic E-state index is 0.487. The van der Waals surface area contributed by atoms with Crippen molar-refractivity contribution in [1.82, 2.24) is 14.9 Å². The predicted octanol–water partition coefficient (Wildman–Crippen LogP) is 3.54. The highest BCUT2D eigenvalue weighted by Gasteiger charge is 2.20. The Hall–Kier alpha value is -3.54. The largest absolute Gasteiger partial charge is 0.490 e. The molecule has 2 heterocycles. The van der Waals surface area contributed by atoms with E-state index in [1.54, 1.807) is 12.4 Å². The van der Waals surface area contributed by atoms with Crippen molar-refractivity contribution in [1.29, 1.82) is 0 Å². The topological polar surface area (TPSA) is 55.2 Å². The molecule has 0 radical (unpaired) electrons. The standard InChI is InChI=1S/C19H17N5O/c1-2-12-25-17-10-8-16(9-11-17)23-13-18(15-6-4-3-5-7-15)21-19-22-20-14-24(19)23/h2-11,13-14H,1,12H2,(H,21,22). The van der Waals surface area contributed by atoms with Crippen molar-refractivity contribution >= 4 is 17.3 Å². The minimum Gasteiger partial charge on any atom is -0.490 e. The summed E-state index contributed by atoms with van der Waals surface area (Å²) in [6.07, 6.45) is 5.41. The van der Waals surface area contributed by atoms with Crippen LogP contribution in [0.5, 0.6) is 5.75 Å². The second-order valence-electron chi connectivity index (χ2n) is 5.47. The molecule has 0 saturated carbocycles. The molecule has 0 spiro atoms. The molecule has 1 N–H and O–H groups in total. The van der Waals surface area contributed by atoms with Crippen LogP contribution in [-0.4, -0.2) is 21.5 Å². The summed E-state index contributed by atoms with van der Waals surface area (Å²) in [6, 6.07) is 18.0. The molecule has 0 atom stereocenters. The molecule has 0 aliphatic carbocycles. The van der Waals surface area contributed by atoms with Gasteiger partial charge in [-0.2, -0.15) is 0 Å². The van der Waals surface area contributed by atoms with Crippen LogP contribution in [0.25, 0.3) is 5.70 Å². The molecule has 1 aliphatic rings. The van der Waals surface area contributed by atoms with E-state index in [2.05, 4.69) is 34.2 Å². The van der Waals surface area contributed by atoms with Crippen LogP contribution >= 0.6 is 0 Å². The van der Waals surface area contributed by atoms with E-state index in [4.69, 9.17) is 4.74 Å². The summed E-state index contributed by atoms with van der Waals surface area (Å²) in [5.74, 6) is 1.46. The maximum Gasteiger partial charge on any atom is 0.248 e. The van der Waals surface area contributed by atoms with Crippen LogP contribution in [0, 0.1) is 0 Å². The van der Waals surface area contributed by atoms with E-state index in [0.29, 0.717) is 12.6 Å². The van der Waals surface area contributed by atoms with E-state index in [-0.39, 0.29) is 0 Å². The molecule has 6 heteroatoms. The molecule has 2 aromatic carbocycles. The number of hydrogen-bond donors (Lipinski definition) is 1. The lowest BCUT2D eigenvalue weighted by molar-refractivity contribution is 0.363. The van der Waals surface area contributed by atoms with E-state index >= 15 is 0 Å². The molecule has 0 bridgehead atoms. The summed E-state index contributed by atoms with van der Waals surface area (Å²) in [7, 11) is 0. The minimum atomic E-state index is 0.487. The molecule has 3 aromatic rings. The number of fused-ring (bicyclic) bond motifs is 1. The Balaban J connectivity index is 1.69. The fourth-order valence-corrected chi connectivity index (χ4v) is 2.62. The van der Waals surface area contributed by atoms with Crippen molar-refractivity contribution < 1.29 is 4.74 Å². The van der Waals surface area contributed by atoms with Gasteiger partial charge in [-0.25, -0.2) is 4.68 Å². The zero-order chi connectivity index (χ0) is 17.1. The lowest BCUT2D eigenvalue weighted by Gasteiger charge is -2.28. The van der Waals surface area contributed by atoms with Gasteiger partial charge in [0.15, 0.2) is 0 Å². The Morgan fingerprint density at radius 2 is 1.88 bits per heavy atom. The molecule has 1 aromatic heterocycles. The van der Waals surface area contributed by atoms with Gasteiger partial charge in [-0.15, -0.1) is 10.2 Å². The average molecular weight is 331 g/mol. The fourth-order valence-electron chi connectivity index (χ4n) is 2.62. The molecular formula is C19H17N5O. The van der Waals surface area contributed by atoms with Gasteiger partial charge in [0.1, 0.15) is 18.7 Å². The van der Waals surface area contributed by atoms with Gasteiger partial charge in [0, 0.05) is 0 Å². The number of benzene rings is 2. The van der Waals surface area contributed by atoms with Crippen molar-refractivity contribution in [2.45, 2.75) is 0 Å². The lowest BCUT2D eigenvalue weighted by Crippen LogP contribution is -2.29. The van der Waals surface area contributed by atoms with Crippen LogP contribution in [0.1, 0.15) is 5.56 Å². The second-order valence-corrected chi connectivity index (χ2v) is 5.47. The van der Waals surface area contributed by atoms with Crippen LogP contribution in [-0.2, 0) is 0 Å². The van der Waals surface area contributed by atoms with E-state index in [1.807, 2.05) is 58.3 Å². The number of anilines is 2. The first-order valence-electron chi connectivity index (χ1n) is 7.93. The Labute approximate surface area is 145 Å². The van der Waals surface area contributed by atoms with Gasteiger partial charge in [-0.05, 0) is 29.8 Å². The van der Waals surface area contributed by atoms with Crippen LogP contribution < -0.4 is 15.1 Å². The van der Waals surface area contributed by atoms with Crippen LogP contribution in [0.2, 0.25) is 0 Å². The van der Waals surface area contributed by atoms with Crippen molar-refractivity contribution in [2.75, 3.05) is 16.9 Å². The maximum atomic E-state index is 5.55. The molecular weight excluding hydrogens is 314 g/mol. The zero-order valence-electron chi connectivity index (χ0n) is 13.5. The third-order valence-electron chi connectivity index (χ3n) is 3.81. The maximum absolute atomic E-state index is 5.55. The predicted molar refractivity (Wildman–Crippen MR) is 98.1 cm³/mol. The normalized spacial score (nSPS) is 12.8. The third-order valence-corrected chi connectivity index (χ3v) is 3.81. The van der Waals surface area contributed by atoms with Crippen molar-refractivity contribution in [3.63, 3.8) is 0 Å². The number of nitrogens with one attached hydrogen (secondary N) is 1. The summed E-state index contributed by atoms with van der Waals surface area (Å²) >= 11 is 0. The second kappa shape index (κ2) is 6.52. The van der Waals surface area contributed by atoms with Gasteiger partial charge >= 0.3 is 0 Å². The summed E-state index contributed by atoms with van der Waals surface area (Å²) in [5, 5.41) is 13.5. The smallest absolute Gasteiger partial charge is 0.248 e. The quantitative estimate of drug-likeness (QED) is 0.725. The highest BCUT2D eigenvalue weighted by atomic mass is 16.5. The van der Waals surface area contributed by atoms with Crippen molar-refractivity contribution in [3.05, 3.63) is 85.3 Å². The molecule has 0 amide bonds. The monoisotopic (exact) mass is 331 g/mol. The first-order valence-corrected chi connectivity index (χ1v) is 7.93. The SMILES string of the molecule is C=CCOc1ccc(N2C=C(c3ccccc3)Nc3nncn32)cc1. The Bertz CT molecular complexity index is 899. The molecule has 4 rings (SSSR count). The number of nitrogens with zero attached hydrogens (tertiary/aromatic N) is 4. The third kappa shape index (κ3) is 2.97. The van der Waals surface area contributed by atoms with Gasteiger partial charge in [-0.1, -0.05) is 43.0 Å². The van der Waals surface area contributed by atoms with E-state index in [0.717, 1.165) is 22.7 Å². The highest BCUT2D eigenvalue weighted by Crippen LogP contribution is 2.28. The first-order chi connectivity index (χ1) is 12.3. The zero-order valence-corrected chi connectivity index (χ0v) is 13.5. The number of hydrogen-bond acceptors (Lipinski definition) is 5. The molecule has 0 saturated heterocycles. The number of rotatable bonds is 5. The van der Waals surface area contributed by atoms with Gasteiger partial charge in [0.2, 0.25) is 5.95 Å². The van der Waals surface area contributed by atoms with Crippen molar-refractivity contribution in [3.8, 4) is 5.75 Å². The summed E-state index contributed by atoms with van der Waals surface area (Å²) in [5.41, 5.74) is 3.00. The highest BCUT2D eigenvalue weighted by molar-refractivity contribution is 5.79. The van der Waals surface area contributed by atoms with Gasteiger partial charge in [-0.3, -0.25) is 5.01 Å².